The predicted molar refractivity (Wildman–Crippen MR) is 87.6 cm³/mol. The topological polar surface area (TPSA) is 58.1 Å². The Bertz CT molecular complexity index is 628. The van der Waals surface area contributed by atoms with Gasteiger partial charge in [0.05, 0.1) is 5.56 Å². The molecule has 5 nitrogen and oxygen atoms in total. The Hall–Kier alpha value is -2.50. The molecule has 0 fully saturated rings. The third kappa shape index (κ3) is 5.02. The van der Waals surface area contributed by atoms with Crippen molar-refractivity contribution in [1.29, 1.82) is 0 Å². The molecule has 0 radical (unpaired) electrons. The third-order valence-electron chi connectivity index (χ3n) is 3.46. The first-order valence-corrected chi connectivity index (χ1v) is 7.66. The summed E-state index contributed by atoms with van der Waals surface area (Å²) in [7, 11) is 1.78. The standard InChI is InChI=1S/C17H21FN4O/c1-3-4-9-22(2)16(23)14-11-20-17(21-12-14)19-10-13-5-7-15(18)8-6-13/h5-8,11-12H,3-4,9-10H2,1-2H3,(H,19,20,21). The van der Waals surface area contributed by atoms with Crippen molar-refractivity contribution in [2.45, 2.75) is 26.3 Å². The lowest BCUT2D eigenvalue weighted by atomic mass is 10.2. The normalized spacial score (nSPS) is 10.4. The number of rotatable bonds is 7. The van der Waals surface area contributed by atoms with E-state index in [-0.39, 0.29) is 11.7 Å². The SMILES string of the molecule is CCCCN(C)C(=O)c1cnc(NCc2ccc(F)cc2)nc1. The van der Waals surface area contributed by atoms with Crippen LogP contribution >= 0.6 is 0 Å². The van der Waals surface area contributed by atoms with Crippen LogP contribution in [-0.2, 0) is 6.54 Å². The molecule has 0 saturated heterocycles. The molecule has 1 N–H and O–H groups in total. The van der Waals surface area contributed by atoms with Crippen molar-refractivity contribution in [2.24, 2.45) is 0 Å². The molecule has 2 aromatic rings. The van der Waals surface area contributed by atoms with Crippen LogP contribution in [-0.4, -0.2) is 34.4 Å². The summed E-state index contributed by atoms with van der Waals surface area (Å²) in [5.41, 5.74) is 1.39. The van der Waals surface area contributed by atoms with Gasteiger partial charge in [-0.25, -0.2) is 14.4 Å². The van der Waals surface area contributed by atoms with Crippen LogP contribution < -0.4 is 5.32 Å². The van der Waals surface area contributed by atoms with Gasteiger partial charge in [0.1, 0.15) is 5.82 Å². The van der Waals surface area contributed by atoms with E-state index in [0.717, 1.165) is 24.9 Å². The highest BCUT2D eigenvalue weighted by molar-refractivity contribution is 5.93. The summed E-state index contributed by atoms with van der Waals surface area (Å²) in [5.74, 6) is 0.0886. The van der Waals surface area contributed by atoms with Crippen molar-refractivity contribution < 1.29 is 9.18 Å². The van der Waals surface area contributed by atoms with E-state index < -0.39 is 0 Å². The average molecular weight is 316 g/mol. The Morgan fingerprint density at radius 1 is 1.22 bits per heavy atom. The van der Waals surface area contributed by atoms with Crippen LogP contribution in [0, 0.1) is 5.82 Å². The summed E-state index contributed by atoms with van der Waals surface area (Å²) in [5, 5.41) is 3.04. The van der Waals surface area contributed by atoms with Gasteiger partial charge in [-0.1, -0.05) is 25.5 Å². The van der Waals surface area contributed by atoms with Crippen molar-refractivity contribution >= 4 is 11.9 Å². The Kier molecular flexibility index (Phi) is 6.02. The van der Waals surface area contributed by atoms with Crippen LogP contribution in [0.2, 0.25) is 0 Å². The highest BCUT2D eigenvalue weighted by Crippen LogP contribution is 2.07. The fourth-order valence-electron chi connectivity index (χ4n) is 2.03. The maximum Gasteiger partial charge on any atom is 0.256 e. The van der Waals surface area contributed by atoms with Gasteiger partial charge < -0.3 is 10.2 Å². The smallest absolute Gasteiger partial charge is 0.256 e. The van der Waals surface area contributed by atoms with Crippen LogP contribution in [0.15, 0.2) is 36.7 Å². The highest BCUT2D eigenvalue weighted by atomic mass is 19.1. The van der Waals surface area contributed by atoms with Crippen LogP contribution in [0.4, 0.5) is 10.3 Å². The Morgan fingerprint density at radius 2 is 1.87 bits per heavy atom. The molecule has 0 bridgehead atoms. The Balaban J connectivity index is 1.91. The van der Waals surface area contributed by atoms with Gasteiger partial charge in [0.2, 0.25) is 5.95 Å². The number of amides is 1. The van der Waals surface area contributed by atoms with Crippen molar-refractivity contribution in [2.75, 3.05) is 18.9 Å². The number of nitrogens with one attached hydrogen (secondary N) is 1. The maximum atomic E-state index is 12.8. The maximum absolute atomic E-state index is 12.8. The van der Waals surface area contributed by atoms with Crippen molar-refractivity contribution in [3.63, 3.8) is 0 Å². The number of halogens is 1. The minimum Gasteiger partial charge on any atom is -0.350 e. The van der Waals surface area contributed by atoms with Gasteiger partial charge in [0.25, 0.3) is 5.91 Å². The Morgan fingerprint density at radius 3 is 2.48 bits per heavy atom. The molecule has 1 aromatic carbocycles. The zero-order valence-corrected chi connectivity index (χ0v) is 13.4. The minimum absolute atomic E-state index is 0.0801. The summed E-state index contributed by atoms with van der Waals surface area (Å²) in [6, 6.07) is 6.21. The molecule has 23 heavy (non-hydrogen) atoms. The lowest BCUT2D eigenvalue weighted by Gasteiger charge is -2.16. The van der Waals surface area contributed by atoms with Crippen molar-refractivity contribution in [3.8, 4) is 0 Å². The van der Waals surface area contributed by atoms with Crippen molar-refractivity contribution in [1.82, 2.24) is 14.9 Å². The molecule has 0 aliphatic carbocycles. The van der Waals surface area contributed by atoms with E-state index in [2.05, 4.69) is 22.2 Å². The van der Waals surface area contributed by atoms with Gasteiger partial charge in [-0.15, -0.1) is 0 Å². The molecule has 1 amide bonds. The molecular weight excluding hydrogens is 295 g/mol. The number of benzene rings is 1. The predicted octanol–water partition coefficient (Wildman–Crippen LogP) is 3.10. The van der Waals surface area contributed by atoms with Gasteiger partial charge in [-0.3, -0.25) is 4.79 Å². The molecule has 0 aliphatic heterocycles. The number of hydrogen-bond donors (Lipinski definition) is 1. The lowest BCUT2D eigenvalue weighted by Crippen LogP contribution is -2.28. The molecule has 0 spiro atoms. The van der Waals surface area contributed by atoms with Crippen LogP contribution in [0.3, 0.4) is 0 Å². The van der Waals surface area contributed by atoms with Gasteiger partial charge in [-0.05, 0) is 24.1 Å². The third-order valence-corrected chi connectivity index (χ3v) is 3.46. The van der Waals surface area contributed by atoms with E-state index >= 15 is 0 Å². The van der Waals surface area contributed by atoms with Gasteiger partial charge in [-0.2, -0.15) is 0 Å². The van der Waals surface area contributed by atoms with Crippen LogP contribution in [0.1, 0.15) is 35.7 Å². The number of unbranched alkanes of at least 4 members (excludes halogenated alkanes) is 1. The fourth-order valence-corrected chi connectivity index (χ4v) is 2.03. The zero-order valence-electron chi connectivity index (χ0n) is 13.4. The van der Waals surface area contributed by atoms with E-state index in [1.807, 2.05) is 0 Å². The van der Waals surface area contributed by atoms with Gasteiger partial charge in [0, 0.05) is 32.5 Å². The molecule has 122 valence electrons. The first-order valence-electron chi connectivity index (χ1n) is 7.66. The first kappa shape index (κ1) is 16.9. The molecule has 1 heterocycles. The second-order valence-electron chi connectivity index (χ2n) is 5.36. The summed E-state index contributed by atoms with van der Waals surface area (Å²) >= 11 is 0. The summed E-state index contributed by atoms with van der Waals surface area (Å²) in [4.78, 5) is 22.1. The molecule has 6 heteroatoms. The molecule has 0 saturated carbocycles. The minimum atomic E-state index is -0.264. The Labute approximate surface area is 135 Å². The van der Waals surface area contributed by atoms with E-state index in [9.17, 15) is 9.18 Å². The number of carbonyl (C=O) groups excluding carboxylic acids is 1. The van der Waals surface area contributed by atoms with E-state index in [1.165, 1.54) is 24.5 Å². The summed E-state index contributed by atoms with van der Waals surface area (Å²) in [6.07, 6.45) is 5.05. The van der Waals surface area contributed by atoms with Gasteiger partial charge >= 0.3 is 0 Å². The van der Waals surface area contributed by atoms with Crippen molar-refractivity contribution in [3.05, 3.63) is 53.6 Å². The monoisotopic (exact) mass is 316 g/mol. The van der Waals surface area contributed by atoms with E-state index in [0.29, 0.717) is 18.1 Å². The van der Waals surface area contributed by atoms with Crippen LogP contribution in [0.5, 0.6) is 0 Å². The van der Waals surface area contributed by atoms with Gasteiger partial charge in [0.15, 0.2) is 0 Å². The van der Waals surface area contributed by atoms with Crippen LogP contribution in [0.25, 0.3) is 0 Å². The lowest BCUT2D eigenvalue weighted by molar-refractivity contribution is 0.0792. The van der Waals surface area contributed by atoms with E-state index in [1.54, 1.807) is 24.1 Å². The number of hydrogen-bond acceptors (Lipinski definition) is 4. The summed E-state index contributed by atoms with van der Waals surface area (Å²) < 4.78 is 12.8. The zero-order chi connectivity index (χ0) is 16.7. The van der Waals surface area contributed by atoms with E-state index in [4.69, 9.17) is 0 Å². The summed E-state index contributed by atoms with van der Waals surface area (Å²) in [6.45, 7) is 3.30. The molecule has 1 aromatic heterocycles. The molecule has 0 unspecified atom stereocenters. The number of aromatic nitrogens is 2. The number of carbonyl (C=O) groups is 1. The molecular formula is C17H21FN4O. The second-order valence-corrected chi connectivity index (χ2v) is 5.36. The highest BCUT2D eigenvalue weighted by Gasteiger charge is 2.12. The quantitative estimate of drug-likeness (QED) is 0.853. The number of anilines is 1. The molecule has 0 aliphatic rings. The second kappa shape index (κ2) is 8.22. The molecule has 0 atom stereocenters. The first-order chi connectivity index (χ1) is 11.1. The average Bonchev–Trinajstić information content (AvgIpc) is 2.59. The fraction of sp³-hybridized carbons (Fsp3) is 0.353. The number of nitrogens with zero attached hydrogens (tertiary/aromatic N) is 3. The molecule has 2 rings (SSSR count). The largest absolute Gasteiger partial charge is 0.350 e.